The van der Waals surface area contributed by atoms with Crippen molar-refractivity contribution in [2.75, 3.05) is 25.6 Å². The van der Waals surface area contributed by atoms with Crippen molar-refractivity contribution in [2.45, 2.75) is 45.8 Å². The predicted molar refractivity (Wildman–Crippen MR) is 76.5 cm³/mol. The lowest BCUT2D eigenvalue weighted by Crippen LogP contribution is -2.28. The summed E-state index contributed by atoms with van der Waals surface area (Å²) in [6.07, 6.45) is 0.162. The van der Waals surface area contributed by atoms with Gasteiger partial charge in [0.15, 0.2) is 5.13 Å². The number of nitrogens with zero attached hydrogens (tertiary/aromatic N) is 2. The molecule has 18 heavy (non-hydrogen) atoms. The standard InChI is InChI=1S/C13H24N2O2S/c1-9(17-6)7-15(5)12-14-11(13(2,3)4)10(8-16)18-12/h9,16H,7-8H2,1-6H3. The van der Waals surface area contributed by atoms with Gasteiger partial charge in [0.05, 0.1) is 23.3 Å². The summed E-state index contributed by atoms with van der Waals surface area (Å²) in [5, 5.41) is 10.4. The SMILES string of the molecule is COC(C)CN(C)c1nc(C(C)(C)C)c(CO)s1. The molecule has 0 aliphatic heterocycles. The first-order valence-corrected chi connectivity index (χ1v) is 6.96. The Hall–Kier alpha value is -0.650. The van der Waals surface area contributed by atoms with Crippen LogP contribution in [0.5, 0.6) is 0 Å². The lowest BCUT2D eigenvalue weighted by Gasteiger charge is -2.20. The minimum Gasteiger partial charge on any atom is -0.391 e. The Bertz CT molecular complexity index is 385. The molecule has 0 aliphatic rings. The Morgan fingerprint density at radius 1 is 1.44 bits per heavy atom. The van der Waals surface area contributed by atoms with Gasteiger partial charge in [-0.3, -0.25) is 0 Å². The Morgan fingerprint density at radius 3 is 2.44 bits per heavy atom. The van der Waals surface area contributed by atoms with Crippen LogP contribution in [0.15, 0.2) is 0 Å². The quantitative estimate of drug-likeness (QED) is 0.894. The van der Waals surface area contributed by atoms with Crippen LogP contribution >= 0.6 is 11.3 Å². The summed E-state index contributed by atoms with van der Waals surface area (Å²) in [4.78, 5) is 7.70. The van der Waals surface area contributed by atoms with Crippen molar-refractivity contribution in [3.8, 4) is 0 Å². The van der Waals surface area contributed by atoms with Crippen LogP contribution in [0, 0.1) is 0 Å². The number of methoxy groups -OCH3 is 1. The first kappa shape index (κ1) is 15.4. The van der Waals surface area contributed by atoms with Gasteiger partial charge < -0.3 is 14.7 Å². The molecular formula is C13H24N2O2S. The molecule has 4 nitrogen and oxygen atoms in total. The average Bonchev–Trinajstić information content (AvgIpc) is 2.72. The van der Waals surface area contributed by atoms with E-state index in [-0.39, 0.29) is 18.1 Å². The molecule has 0 fully saturated rings. The Labute approximate surface area is 114 Å². The molecule has 1 atom stereocenters. The van der Waals surface area contributed by atoms with Crippen LogP contribution in [0.3, 0.4) is 0 Å². The molecule has 0 bridgehead atoms. The highest BCUT2D eigenvalue weighted by atomic mass is 32.1. The van der Waals surface area contributed by atoms with Crippen molar-refractivity contribution in [2.24, 2.45) is 0 Å². The van der Waals surface area contributed by atoms with Crippen molar-refractivity contribution in [3.63, 3.8) is 0 Å². The van der Waals surface area contributed by atoms with E-state index in [0.29, 0.717) is 0 Å². The van der Waals surface area contributed by atoms with Crippen LogP contribution in [0.4, 0.5) is 5.13 Å². The van der Waals surface area contributed by atoms with Crippen LogP contribution in [0.1, 0.15) is 38.3 Å². The first-order valence-electron chi connectivity index (χ1n) is 6.14. The molecule has 0 aliphatic carbocycles. The number of rotatable bonds is 5. The Balaban J connectivity index is 2.94. The molecule has 1 heterocycles. The number of aliphatic hydroxyl groups excluding tert-OH is 1. The van der Waals surface area contributed by atoms with E-state index in [9.17, 15) is 5.11 Å². The number of ether oxygens (including phenoxy) is 1. The van der Waals surface area contributed by atoms with Crippen LogP contribution < -0.4 is 4.90 Å². The summed E-state index contributed by atoms with van der Waals surface area (Å²) in [6, 6.07) is 0. The smallest absolute Gasteiger partial charge is 0.185 e. The number of aliphatic hydroxyl groups is 1. The zero-order valence-electron chi connectivity index (χ0n) is 12.1. The lowest BCUT2D eigenvalue weighted by atomic mass is 9.91. The molecule has 0 aromatic carbocycles. The molecule has 1 N–H and O–H groups in total. The zero-order chi connectivity index (χ0) is 13.9. The highest BCUT2D eigenvalue weighted by molar-refractivity contribution is 7.15. The monoisotopic (exact) mass is 272 g/mol. The third kappa shape index (κ3) is 3.67. The largest absolute Gasteiger partial charge is 0.391 e. The number of aromatic nitrogens is 1. The molecule has 1 aromatic heterocycles. The van der Waals surface area contributed by atoms with E-state index in [0.717, 1.165) is 22.2 Å². The number of thiazole rings is 1. The Morgan fingerprint density at radius 2 is 2.06 bits per heavy atom. The van der Waals surface area contributed by atoms with Gasteiger partial charge in [-0.1, -0.05) is 32.1 Å². The van der Waals surface area contributed by atoms with Gasteiger partial charge in [-0.2, -0.15) is 0 Å². The van der Waals surface area contributed by atoms with Gasteiger partial charge in [0.25, 0.3) is 0 Å². The van der Waals surface area contributed by atoms with Gasteiger partial charge in [0.1, 0.15) is 0 Å². The molecule has 1 rings (SSSR count). The van der Waals surface area contributed by atoms with Crippen LogP contribution in [-0.2, 0) is 16.8 Å². The molecule has 0 saturated carbocycles. The van der Waals surface area contributed by atoms with Gasteiger partial charge in [-0.25, -0.2) is 4.98 Å². The molecular weight excluding hydrogens is 248 g/mol. The van der Waals surface area contributed by atoms with E-state index in [1.165, 1.54) is 0 Å². The van der Waals surface area contributed by atoms with Crippen molar-refractivity contribution in [1.29, 1.82) is 0 Å². The average molecular weight is 272 g/mol. The molecule has 104 valence electrons. The van der Waals surface area contributed by atoms with Gasteiger partial charge in [-0.05, 0) is 6.92 Å². The Kier molecular flexibility index (Phi) is 5.13. The molecule has 1 unspecified atom stereocenters. The zero-order valence-corrected chi connectivity index (χ0v) is 13.0. The third-order valence-electron chi connectivity index (χ3n) is 2.80. The highest BCUT2D eigenvalue weighted by Gasteiger charge is 2.24. The fraction of sp³-hybridized carbons (Fsp3) is 0.769. The molecule has 5 heteroatoms. The summed E-state index contributed by atoms with van der Waals surface area (Å²) >= 11 is 1.56. The number of anilines is 1. The summed E-state index contributed by atoms with van der Waals surface area (Å²) in [5.74, 6) is 0. The lowest BCUT2D eigenvalue weighted by molar-refractivity contribution is 0.124. The second kappa shape index (κ2) is 5.99. The van der Waals surface area contributed by atoms with Crippen LogP contribution in [0.2, 0.25) is 0 Å². The maximum Gasteiger partial charge on any atom is 0.185 e. The summed E-state index contributed by atoms with van der Waals surface area (Å²) in [7, 11) is 3.71. The van der Waals surface area contributed by atoms with E-state index in [4.69, 9.17) is 4.74 Å². The van der Waals surface area contributed by atoms with Gasteiger partial charge in [-0.15, -0.1) is 0 Å². The van der Waals surface area contributed by atoms with E-state index in [1.807, 2.05) is 14.0 Å². The molecule has 0 spiro atoms. The van der Waals surface area contributed by atoms with E-state index >= 15 is 0 Å². The number of hydrogen-bond donors (Lipinski definition) is 1. The fourth-order valence-corrected chi connectivity index (χ4v) is 2.83. The van der Waals surface area contributed by atoms with Crippen molar-refractivity contribution in [1.82, 2.24) is 4.98 Å². The van der Waals surface area contributed by atoms with E-state index in [2.05, 4.69) is 30.7 Å². The molecule has 1 aromatic rings. The summed E-state index contributed by atoms with van der Waals surface area (Å²) < 4.78 is 5.26. The molecule has 0 amide bonds. The van der Waals surface area contributed by atoms with E-state index < -0.39 is 0 Å². The van der Waals surface area contributed by atoms with Crippen LogP contribution in [-0.4, -0.2) is 36.9 Å². The minimum absolute atomic E-state index is 0.0411. The fourth-order valence-electron chi connectivity index (χ4n) is 1.73. The topological polar surface area (TPSA) is 45.6 Å². The van der Waals surface area contributed by atoms with Crippen molar-refractivity contribution < 1.29 is 9.84 Å². The number of likely N-dealkylation sites (N-methyl/N-ethyl adjacent to an activating group) is 1. The van der Waals surface area contributed by atoms with Crippen LogP contribution in [0.25, 0.3) is 0 Å². The second-order valence-corrected chi connectivity index (χ2v) is 6.67. The maximum atomic E-state index is 9.43. The van der Waals surface area contributed by atoms with Crippen molar-refractivity contribution >= 4 is 16.5 Å². The van der Waals surface area contributed by atoms with E-state index in [1.54, 1.807) is 18.4 Å². The predicted octanol–water partition coefficient (Wildman–Crippen LogP) is 2.40. The van der Waals surface area contributed by atoms with Gasteiger partial charge in [0, 0.05) is 26.1 Å². The van der Waals surface area contributed by atoms with Gasteiger partial charge >= 0.3 is 0 Å². The maximum absolute atomic E-state index is 9.43. The van der Waals surface area contributed by atoms with Gasteiger partial charge in [0.2, 0.25) is 0 Å². The molecule has 0 radical (unpaired) electrons. The minimum atomic E-state index is -0.0411. The molecule has 0 saturated heterocycles. The second-order valence-electron chi connectivity index (χ2n) is 5.60. The van der Waals surface area contributed by atoms with Crippen molar-refractivity contribution in [3.05, 3.63) is 10.6 Å². The third-order valence-corrected chi connectivity index (χ3v) is 3.95. The highest BCUT2D eigenvalue weighted by Crippen LogP contribution is 2.33. The summed E-state index contributed by atoms with van der Waals surface area (Å²) in [5.41, 5.74) is 0.947. The number of hydrogen-bond acceptors (Lipinski definition) is 5. The first-order chi connectivity index (χ1) is 8.29. The normalized spacial score (nSPS) is 13.7. The summed E-state index contributed by atoms with van der Waals surface area (Å²) in [6.45, 7) is 9.21.